The Balaban J connectivity index is 2.77. The van der Waals surface area contributed by atoms with Gasteiger partial charge in [-0.05, 0) is 25.5 Å². The molecule has 0 amide bonds. The molecule has 1 heterocycles. The van der Waals surface area contributed by atoms with E-state index in [9.17, 15) is 0 Å². The maximum absolute atomic E-state index is 8.90. The lowest BCUT2D eigenvalue weighted by Crippen LogP contribution is -2.01. The highest BCUT2D eigenvalue weighted by Crippen LogP contribution is 2.22. The van der Waals surface area contributed by atoms with Gasteiger partial charge in [0, 0.05) is 7.05 Å². The van der Waals surface area contributed by atoms with Crippen molar-refractivity contribution in [1.82, 2.24) is 9.55 Å². The number of benzene rings is 1. The fourth-order valence-corrected chi connectivity index (χ4v) is 1.93. The minimum Gasteiger partial charge on any atom is -0.330 e. The van der Waals surface area contributed by atoms with Crippen LogP contribution in [0.4, 0.5) is 0 Å². The van der Waals surface area contributed by atoms with Gasteiger partial charge in [-0.25, -0.2) is 4.98 Å². The van der Waals surface area contributed by atoms with Crippen LogP contribution in [0.5, 0.6) is 0 Å². The van der Waals surface area contributed by atoms with E-state index >= 15 is 0 Å². The number of hydrogen-bond acceptors (Lipinski definition) is 2. The van der Waals surface area contributed by atoms with Gasteiger partial charge < -0.3 is 4.57 Å². The molecule has 3 nitrogen and oxygen atoms in total. The van der Waals surface area contributed by atoms with Crippen molar-refractivity contribution in [1.29, 1.82) is 5.26 Å². The summed E-state index contributed by atoms with van der Waals surface area (Å²) in [5, 5.41) is 8.90. The monoisotopic (exact) mass is 199 g/mol. The molecule has 3 heteroatoms. The van der Waals surface area contributed by atoms with E-state index in [-0.39, 0.29) is 5.92 Å². The van der Waals surface area contributed by atoms with E-state index in [0.717, 1.165) is 16.9 Å². The number of para-hydroxylation sites is 1. The van der Waals surface area contributed by atoms with E-state index in [2.05, 4.69) is 24.0 Å². The van der Waals surface area contributed by atoms with Gasteiger partial charge in [0.15, 0.2) is 0 Å². The largest absolute Gasteiger partial charge is 0.330 e. The van der Waals surface area contributed by atoms with Crippen LogP contribution in [0.3, 0.4) is 0 Å². The highest BCUT2D eigenvalue weighted by Gasteiger charge is 2.14. The summed E-state index contributed by atoms with van der Waals surface area (Å²) in [6.45, 7) is 3.93. The van der Waals surface area contributed by atoms with Crippen LogP contribution in [-0.2, 0) is 7.05 Å². The van der Waals surface area contributed by atoms with Gasteiger partial charge in [-0.15, -0.1) is 0 Å². The molecule has 0 spiro atoms. The van der Waals surface area contributed by atoms with Crippen molar-refractivity contribution >= 4 is 11.0 Å². The van der Waals surface area contributed by atoms with Crippen molar-refractivity contribution in [3.63, 3.8) is 0 Å². The molecule has 0 aliphatic heterocycles. The van der Waals surface area contributed by atoms with E-state index in [1.165, 1.54) is 5.56 Å². The van der Waals surface area contributed by atoms with Gasteiger partial charge in [-0.3, -0.25) is 0 Å². The Kier molecular flexibility index (Phi) is 2.20. The second-order valence-electron chi connectivity index (χ2n) is 3.82. The number of aryl methyl sites for hydroxylation is 2. The molecule has 0 saturated carbocycles. The lowest BCUT2D eigenvalue weighted by atomic mass is 10.2. The standard InChI is InChI=1S/C12H13N3/c1-8-5-4-6-10-11(8)15(3)12(14-10)9(2)7-13/h4-6,9H,1-3H3. The highest BCUT2D eigenvalue weighted by molar-refractivity contribution is 5.79. The van der Waals surface area contributed by atoms with Crippen molar-refractivity contribution < 1.29 is 0 Å². The minimum absolute atomic E-state index is 0.165. The van der Waals surface area contributed by atoms with Crippen molar-refractivity contribution in [2.24, 2.45) is 7.05 Å². The molecule has 1 aromatic heterocycles. The van der Waals surface area contributed by atoms with Crippen molar-refractivity contribution in [2.45, 2.75) is 19.8 Å². The summed E-state index contributed by atoms with van der Waals surface area (Å²) in [6.07, 6.45) is 0. The molecule has 0 fully saturated rings. The van der Waals surface area contributed by atoms with Gasteiger partial charge >= 0.3 is 0 Å². The van der Waals surface area contributed by atoms with Gasteiger partial charge in [0.25, 0.3) is 0 Å². The van der Waals surface area contributed by atoms with Crippen LogP contribution in [0.15, 0.2) is 18.2 Å². The smallest absolute Gasteiger partial charge is 0.126 e. The molecule has 2 rings (SSSR count). The first kappa shape index (κ1) is 9.72. The second-order valence-corrected chi connectivity index (χ2v) is 3.82. The summed E-state index contributed by atoms with van der Waals surface area (Å²) in [5.74, 6) is 0.670. The average molecular weight is 199 g/mol. The van der Waals surface area contributed by atoms with Crippen LogP contribution in [-0.4, -0.2) is 9.55 Å². The number of imidazole rings is 1. The minimum atomic E-state index is -0.165. The number of nitrogens with zero attached hydrogens (tertiary/aromatic N) is 3. The summed E-state index contributed by atoms with van der Waals surface area (Å²) in [6, 6.07) is 8.25. The average Bonchev–Trinajstić information content (AvgIpc) is 2.56. The van der Waals surface area contributed by atoms with E-state index in [1.807, 2.05) is 30.7 Å². The molecule has 0 radical (unpaired) electrons. The molecule has 15 heavy (non-hydrogen) atoms. The van der Waals surface area contributed by atoms with Gasteiger partial charge in [0.1, 0.15) is 11.7 Å². The van der Waals surface area contributed by atoms with E-state index in [0.29, 0.717) is 0 Å². The topological polar surface area (TPSA) is 41.6 Å². The lowest BCUT2D eigenvalue weighted by Gasteiger charge is -2.04. The van der Waals surface area contributed by atoms with Crippen LogP contribution >= 0.6 is 0 Å². The van der Waals surface area contributed by atoms with Gasteiger partial charge in [0.05, 0.1) is 17.1 Å². The lowest BCUT2D eigenvalue weighted by molar-refractivity contribution is 0.777. The molecular weight excluding hydrogens is 186 g/mol. The predicted molar refractivity (Wildman–Crippen MR) is 59.5 cm³/mol. The van der Waals surface area contributed by atoms with Crippen LogP contribution in [0.25, 0.3) is 11.0 Å². The van der Waals surface area contributed by atoms with Crippen LogP contribution in [0.2, 0.25) is 0 Å². The van der Waals surface area contributed by atoms with E-state index < -0.39 is 0 Å². The molecule has 0 N–H and O–H groups in total. The van der Waals surface area contributed by atoms with Gasteiger partial charge in [-0.2, -0.15) is 5.26 Å². The molecule has 1 unspecified atom stereocenters. The summed E-state index contributed by atoms with van der Waals surface area (Å²) >= 11 is 0. The summed E-state index contributed by atoms with van der Waals surface area (Å²) in [4.78, 5) is 4.48. The molecule has 76 valence electrons. The Hall–Kier alpha value is -1.82. The Morgan fingerprint density at radius 3 is 2.80 bits per heavy atom. The first-order valence-electron chi connectivity index (χ1n) is 4.96. The summed E-state index contributed by atoms with van der Waals surface area (Å²) in [5.41, 5.74) is 3.28. The predicted octanol–water partition coefficient (Wildman–Crippen LogP) is 2.51. The summed E-state index contributed by atoms with van der Waals surface area (Å²) in [7, 11) is 1.96. The first-order valence-corrected chi connectivity index (χ1v) is 4.96. The number of fused-ring (bicyclic) bond motifs is 1. The van der Waals surface area contributed by atoms with Crippen molar-refractivity contribution in [2.75, 3.05) is 0 Å². The molecule has 0 bridgehead atoms. The van der Waals surface area contributed by atoms with Crippen molar-refractivity contribution in [3.8, 4) is 6.07 Å². The third-order valence-electron chi connectivity index (χ3n) is 2.71. The Morgan fingerprint density at radius 2 is 2.20 bits per heavy atom. The number of nitriles is 1. The maximum atomic E-state index is 8.90. The maximum Gasteiger partial charge on any atom is 0.126 e. The van der Waals surface area contributed by atoms with Crippen LogP contribution < -0.4 is 0 Å². The zero-order valence-corrected chi connectivity index (χ0v) is 9.15. The quantitative estimate of drug-likeness (QED) is 0.708. The fraction of sp³-hybridized carbons (Fsp3) is 0.333. The normalized spacial score (nSPS) is 12.7. The molecule has 0 aliphatic rings. The molecule has 2 aromatic rings. The van der Waals surface area contributed by atoms with Gasteiger partial charge in [0.2, 0.25) is 0 Å². The zero-order valence-electron chi connectivity index (χ0n) is 9.15. The second kappa shape index (κ2) is 3.39. The van der Waals surface area contributed by atoms with Crippen LogP contribution in [0, 0.1) is 18.3 Å². The molecule has 1 aromatic carbocycles. The van der Waals surface area contributed by atoms with Crippen molar-refractivity contribution in [3.05, 3.63) is 29.6 Å². The number of rotatable bonds is 1. The fourth-order valence-electron chi connectivity index (χ4n) is 1.93. The molecule has 0 saturated heterocycles. The Labute approximate surface area is 89.0 Å². The molecular formula is C12H13N3. The zero-order chi connectivity index (χ0) is 11.0. The third kappa shape index (κ3) is 1.39. The van der Waals surface area contributed by atoms with E-state index in [1.54, 1.807) is 0 Å². The third-order valence-corrected chi connectivity index (χ3v) is 2.71. The van der Waals surface area contributed by atoms with Gasteiger partial charge in [-0.1, -0.05) is 12.1 Å². The Bertz CT molecular complexity index is 546. The SMILES string of the molecule is Cc1cccc2nc(C(C)C#N)n(C)c12. The van der Waals surface area contributed by atoms with Crippen LogP contribution in [0.1, 0.15) is 24.2 Å². The summed E-state index contributed by atoms with van der Waals surface area (Å²) < 4.78 is 2.01. The highest BCUT2D eigenvalue weighted by atomic mass is 15.1. The Morgan fingerprint density at radius 1 is 1.47 bits per heavy atom. The molecule has 1 atom stereocenters. The number of hydrogen-bond donors (Lipinski definition) is 0. The first-order chi connectivity index (χ1) is 7.15. The van der Waals surface area contributed by atoms with E-state index in [4.69, 9.17) is 5.26 Å². The number of aromatic nitrogens is 2. The molecule has 0 aliphatic carbocycles.